The van der Waals surface area contributed by atoms with Crippen molar-refractivity contribution in [2.45, 2.75) is 18.9 Å². The summed E-state index contributed by atoms with van der Waals surface area (Å²) in [5.74, 6) is 0.517. The van der Waals surface area contributed by atoms with Crippen LogP contribution < -0.4 is 10.6 Å². The van der Waals surface area contributed by atoms with E-state index in [1.807, 2.05) is 35.3 Å². The Morgan fingerprint density at radius 2 is 2.04 bits per heavy atom. The first kappa shape index (κ1) is 20.1. The number of nitrogens with zero attached hydrogens (tertiary/aromatic N) is 2. The lowest BCUT2D eigenvalue weighted by Gasteiger charge is -2.19. The third kappa shape index (κ3) is 5.21. The van der Waals surface area contributed by atoms with Crippen molar-refractivity contribution >= 4 is 34.8 Å². The summed E-state index contributed by atoms with van der Waals surface area (Å²) in [4.78, 5) is 28.8. The first-order valence-electron chi connectivity index (χ1n) is 8.87. The van der Waals surface area contributed by atoms with Crippen LogP contribution >= 0.6 is 22.9 Å². The summed E-state index contributed by atoms with van der Waals surface area (Å²) in [7, 11) is 1.89. The van der Waals surface area contributed by atoms with Gasteiger partial charge in [0.05, 0.1) is 0 Å². The highest BCUT2D eigenvalue weighted by molar-refractivity contribution is 7.08. The SMILES string of the molecule is Cn1ccnc1[C@H](NC(=O)CCCNC(=O)c1ccsc1)c1ccc(Cl)cc1. The van der Waals surface area contributed by atoms with Crippen LogP contribution in [0, 0.1) is 0 Å². The van der Waals surface area contributed by atoms with E-state index in [1.165, 1.54) is 11.3 Å². The smallest absolute Gasteiger partial charge is 0.252 e. The Bertz CT molecular complexity index is 922. The Morgan fingerprint density at radius 3 is 2.68 bits per heavy atom. The highest BCUT2D eigenvalue weighted by atomic mass is 35.5. The molecule has 0 spiro atoms. The van der Waals surface area contributed by atoms with E-state index >= 15 is 0 Å². The van der Waals surface area contributed by atoms with E-state index in [1.54, 1.807) is 29.8 Å². The fourth-order valence-electron chi connectivity index (χ4n) is 2.79. The average molecular weight is 417 g/mol. The summed E-state index contributed by atoms with van der Waals surface area (Å²) < 4.78 is 1.88. The fourth-order valence-corrected chi connectivity index (χ4v) is 3.55. The van der Waals surface area contributed by atoms with Gasteiger partial charge in [0, 0.05) is 48.4 Å². The van der Waals surface area contributed by atoms with Crippen molar-refractivity contribution in [3.8, 4) is 0 Å². The third-order valence-corrected chi connectivity index (χ3v) is 5.21. The molecule has 0 saturated carbocycles. The van der Waals surface area contributed by atoms with Gasteiger partial charge in [0.15, 0.2) is 0 Å². The minimum atomic E-state index is -0.370. The lowest BCUT2D eigenvalue weighted by Crippen LogP contribution is -2.32. The van der Waals surface area contributed by atoms with Crippen molar-refractivity contribution in [2.75, 3.05) is 6.54 Å². The van der Waals surface area contributed by atoms with E-state index in [2.05, 4.69) is 15.6 Å². The van der Waals surface area contributed by atoms with Gasteiger partial charge in [-0.3, -0.25) is 9.59 Å². The molecule has 146 valence electrons. The highest BCUT2D eigenvalue weighted by Crippen LogP contribution is 2.22. The third-order valence-electron chi connectivity index (χ3n) is 4.27. The molecule has 0 aliphatic heterocycles. The molecule has 0 saturated heterocycles. The molecule has 2 heterocycles. The Labute approximate surface area is 172 Å². The maximum atomic E-state index is 12.5. The number of aromatic nitrogens is 2. The van der Waals surface area contributed by atoms with Gasteiger partial charge in [0.1, 0.15) is 11.9 Å². The number of amides is 2. The van der Waals surface area contributed by atoms with Crippen LogP contribution in [0.2, 0.25) is 5.02 Å². The first-order valence-corrected chi connectivity index (χ1v) is 10.2. The van der Waals surface area contributed by atoms with Crippen molar-refractivity contribution in [1.82, 2.24) is 20.2 Å². The van der Waals surface area contributed by atoms with Crippen LogP contribution in [0.1, 0.15) is 40.6 Å². The summed E-state index contributed by atoms with van der Waals surface area (Å²) in [5.41, 5.74) is 1.55. The van der Waals surface area contributed by atoms with Gasteiger partial charge >= 0.3 is 0 Å². The average Bonchev–Trinajstić information content (AvgIpc) is 3.36. The molecule has 2 amide bonds. The Hall–Kier alpha value is -2.64. The summed E-state index contributed by atoms with van der Waals surface area (Å²) in [6, 6.07) is 8.74. The molecule has 1 atom stereocenters. The van der Waals surface area contributed by atoms with Gasteiger partial charge < -0.3 is 15.2 Å². The van der Waals surface area contributed by atoms with E-state index in [0.29, 0.717) is 30.0 Å². The van der Waals surface area contributed by atoms with Crippen LogP contribution in [-0.4, -0.2) is 27.9 Å². The molecule has 2 aromatic heterocycles. The number of imidazole rings is 1. The Balaban J connectivity index is 1.56. The van der Waals surface area contributed by atoms with Gasteiger partial charge in [-0.25, -0.2) is 4.98 Å². The van der Waals surface area contributed by atoms with Crippen molar-refractivity contribution in [3.63, 3.8) is 0 Å². The predicted molar refractivity (Wildman–Crippen MR) is 111 cm³/mol. The second-order valence-electron chi connectivity index (χ2n) is 6.32. The van der Waals surface area contributed by atoms with E-state index in [-0.39, 0.29) is 17.9 Å². The largest absolute Gasteiger partial charge is 0.352 e. The summed E-state index contributed by atoms with van der Waals surface area (Å²) in [6.45, 7) is 0.441. The number of nitrogens with one attached hydrogen (secondary N) is 2. The zero-order chi connectivity index (χ0) is 19.9. The van der Waals surface area contributed by atoms with Gasteiger partial charge in [0.25, 0.3) is 5.91 Å². The van der Waals surface area contributed by atoms with Crippen LogP contribution in [0.3, 0.4) is 0 Å². The number of thiophene rings is 1. The maximum Gasteiger partial charge on any atom is 0.252 e. The summed E-state index contributed by atoms with van der Waals surface area (Å²) in [6.07, 6.45) is 4.39. The number of carbonyl (C=O) groups is 2. The Morgan fingerprint density at radius 1 is 1.25 bits per heavy atom. The van der Waals surface area contributed by atoms with Crippen LogP contribution in [0.4, 0.5) is 0 Å². The lowest BCUT2D eigenvalue weighted by atomic mass is 10.1. The molecule has 0 aliphatic rings. The maximum absolute atomic E-state index is 12.5. The number of hydrogen-bond acceptors (Lipinski definition) is 4. The van der Waals surface area contributed by atoms with Crippen molar-refractivity contribution in [1.29, 1.82) is 0 Å². The van der Waals surface area contributed by atoms with Crippen LogP contribution in [0.25, 0.3) is 0 Å². The fraction of sp³-hybridized carbons (Fsp3) is 0.250. The molecule has 1 aromatic carbocycles. The van der Waals surface area contributed by atoms with Gasteiger partial charge in [0.2, 0.25) is 5.91 Å². The number of aryl methyl sites for hydroxylation is 1. The van der Waals surface area contributed by atoms with Crippen molar-refractivity contribution in [3.05, 3.63) is 75.5 Å². The molecule has 2 N–H and O–H groups in total. The van der Waals surface area contributed by atoms with Crippen molar-refractivity contribution < 1.29 is 9.59 Å². The van der Waals surface area contributed by atoms with Gasteiger partial charge in [-0.05, 0) is 35.6 Å². The van der Waals surface area contributed by atoms with E-state index in [4.69, 9.17) is 11.6 Å². The molecular formula is C20H21ClN4O2S. The van der Waals surface area contributed by atoms with Gasteiger partial charge in [-0.2, -0.15) is 11.3 Å². The van der Waals surface area contributed by atoms with Gasteiger partial charge in [-0.15, -0.1) is 0 Å². The molecule has 6 nitrogen and oxygen atoms in total. The predicted octanol–water partition coefficient (Wildman–Crippen LogP) is 3.55. The number of benzene rings is 1. The van der Waals surface area contributed by atoms with E-state index in [9.17, 15) is 9.59 Å². The molecule has 0 fully saturated rings. The van der Waals surface area contributed by atoms with Crippen LogP contribution in [0.5, 0.6) is 0 Å². The zero-order valence-electron chi connectivity index (χ0n) is 15.4. The van der Waals surface area contributed by atoms with Crippen LogP contribution in [-0.2, 0) is 11.8 Å². The number of carbonyl (C=O) groups excluding carboxylic acids is 2. The molecule has 0 radical (unpaired) electrons. The standard InChI is InChI=1S/C20H21ClN4O2S/c1-25-11-10-22-19(25)18(14-4-6-16(21)7-5-14)24-17(26)3-2-9-23-20(27)15-8-12-28-13-15/h4-8,10-13,18H,2-3,9H2,1H3,(H,23,27)(H,24,26)/t18-/m1/s1. The quantitative estimate of drug-likeness (QED) is 0.551. The molecule has 0 bridgehead atoms. The second-order valence-corrected chi connectivity index (χ2v) is 7.54. The topological polar surface area (TPSA) is 76.0 Å². The molecule has 3 rings (SSSR count). The number of halogens is 1. The second kappa shape index (κ2) is 9.52. The number of rotatable bonds is 8. The number of hydrogen-bond donors (Lipinski definition) is 2. The normalized spacial score (nSPS) is 11.8. The highest BCUT2D eigenvalue weighted by Gasteiger charge is 2.20. The Kier molecular flexibility index (Phi) is 6.84. The summed E-state index contributed by atoms with van der Waals surface area (Å²) in [5, 5.41) is 10.1. The molecule has 0 aliphatic carbocycles. The molecule has 0 unspecified atom stereocenters. The minimum Gasteiger partial charge on any atom is -0.352 e. The monoisotopic (exact) mass is 416 g/mol. The minimum absolute atomic E-state index is 0.104. The molecule has 3 aromatic rings. The zero-order valence-corrected chi connectivity index (χ0v) is 17.0. The summed E-state index contributed by atoms with van der Waals surface area (Å²) >= 11 is 7.46. The van der Waals surface area contributed by atoms with E-state index in [0.717, 1.165) is 11.4 Å². The molecule has 8 heteroatoms. The molecule has 28 heavy (non-hydrogen) atoms. The lowest BCUT2D eigenvalue weighted by molar-refractivity contribution is -0.121. The van der Waals surface area contributed by atoms with Gasteiger partial charge in [-0.1, -0.05) is 23.7 Å². The van der Waals surface area contributed by atoms with Crippen LogP contribution in [0.15, 0.2) is 53.5 Å². The van der Waals surface area contributed by atoms with E-state index < -0.39 is 0 Å². The first-order chi connectivity index (χ1) is 13.5. The molecular weight excluding hydrogens is 396 g/mol. The van der Waals surface area contributed by atoms with Crippen molar-refractivity contribution in [2.24, 2.45) is 7.05 Å².